The second-order valence-corrected chi connectivity index (χ2v) is 10.1. The van der Waals surface area contributed by atoms with Gasteiger partial charge in [0.2, 0.25) is 6.29 Å². The zero-order valence-corrected chi connectivity index (χ0v) is 21.3. The molecular weight excluding hydrogens is 552 g/mol. The monoisotopic (exact) mass is 582 g/mol. The summed E-state index contributed by atoms with van der Waals surface area (Å²) in [6, 6.07) is 6.25. The Hall–Kier alpha value is -3.25. The van der Waals surface area contributed by atoms with E-state index in [1.165, 1.54) is 24.3 Å². The van der Waals surface area contributed by atoms with Gasteiger partial charge >= 0.3 is 0 Å². The molecule has 0 aromatic heterocycles. The molecule has 15 heteroatoms. The van der Waals surface area contributed by atoms with Gasteiger partial charge in [-0.3, -0.25) is 4.79 Å². The molecule has 3 aliphatic heterocycles. The number of rotatable bonds is 7. The van der Waals surface area contributed by atoms with Gasteiger partial charge in [0.25, 0.3) is 0 Å². The van der Waals surface area contributed by atoms with Crippen molar-refractivity contribution < 1.29 is 74.4 Å². The molecule has 0 aliphatic carbocycles. The number of carbonyl (C=O) groups excluding carboxylic acids is 1. The zero-order valence-electron chi connectivity index (χ0n) is 21.3. The van der Waals surface area contributed by atoms with E-state index < -0.39 is 91.9 Å². The van der Waals surface area contributed by atoms with E-state index in [4.69, 9.17) is 23.7 Å². The van der Waals surface area contributed by atoms with Crippen molar-refractivity contribution in [1.82, 2.24) is 0 Å². The van der Waals surface area contributed by atoms with Crippen LogP contribution in [0.2, 0.25) is 0 Å². The van der Waals surface area contributed by atoms with Crippen LogP contribution in [-0.2, 0) is 14.2 Å². The van der Waals surface area contributed by atoms with Crippen LogP contribution < -0.4 is 9.47 Å². The molecule has 0 bridgehead atoms. The van der Waals surface area contributed by atoms with Gasteiger partial charge in [0.1, 0.15) is 65.0 Å². The van der Waals surface area contributed by atoms with Crippen molar-refractivity contribution in [3.05, 3.63) is 41.5 Å². The van der Waals surface area contributed by atoms with Crippen LogP contribution in [0.15, 0.2) is 30.3 Å². The van der Waals surface area contributed by atoms with Gasteiger partial charge in [0, 0.05) is 12.1 Å². The van der Waals surface area contributed by atoms with Crippen molar-refractivity contribution >= 4 is 5.78 Å². The summed E-state index contributed by atoms with van der Waals surface area (Å²) in [5.41, 5.74) is -1.69. The van der Waals surface area contributed by atoms with E-state index in [9.17, 15) is 50.8 Å². The first-order chi connectivity index (χ1) is 19.4. The van der Waals surface area contributed by atoms with Crippen LogP contribution in [0.1, 0.15) is 28.4 Å². The first-order valence-corrected chi connectivity index (χ1v) is 12.6. The van der Waals surface area contributed by atoms with E-state index >= 15 is 0 Å². The molecule has 3 aliphatic rings. The maximum Gasteiger partial charge on any atom is 0.229 e. The van der Waals surface area contributed by atoms with Crippen LogP contribution in [0.5, 0.6) is 28.7 Å². The normalized spacial score (nSPS) is 35.1. The van der Waals surface area contributed by atoms with Crippen LogP contribution in [-0.4, -0.2) is 120 Å². The average Bonchev–Trinajstić information content (AvgIpc) is 3.23. The standard InChI is InChI=1S/C26H30O15/c27-8-26(36)9-38-25(23(26)35)37-7-18-20(32)21(33)22(34)24(41-18)39-11-4-14(30)19-15(31)6-16(40-17(19)5-11)10-1-2-12(28)13(29)3-10/h1-5,16,18,20-25,27-30,32-36H,6-9H2/t16?,18-,20-,21+,22-,23+,24-,25-,26-/m1/s1. The lowest BCUT2D eigenvalue weighted by Crippen LogP contribution is -2.60. The van der Waals surface area contributed by atoms with Crippen LogP contribution in [0.4, 0.5) is 0 Å². The van der Waals surface area contributed by atoms with Crippen molar-refractivity contribution in [1.29, 1.82) is 0 Å². The molecule has 2 fully saturated rings. The minimum Gasteiger partial charge on any atom is -0.507 e. The summed E-state index contributed by atoms with van der Waals surface area (Å²) >= 11 is 0. The summed E-state index contributed by atoms with van der Waals surface area (Å²) in [7, 11) is 0. The summed E-state index contributed by atoms with van der Waals surface area (Å²) in [5.74, 6) is -1.96. The quantitative estimate of drug-likeness (QED) is 0.163. The lowest BCUT2D eigenvalue weighted by molar-refractivity contribution is -0.289. The molecule has 41 heavy (non-hydrogen) atoms. The third kappa shape index (κ3) is 5.51. The van der Waals surface area contributed by atoms with Gasteiger partial charge in [-0.1, -0.05) is 6.07 Å². The average molecular weight is 583 g/mol. The van der Waals surface area contributed by atoms with Gasteiger partial charge in [0.15, 0.2) is 23.6 Å². The van der Waals surface area contributed by atoms with E-state index in [0.29, 0.717) is 5.56 Å². The van der Waals surface area contributed by atoms with Crippen molar-refractivity contribution in [3.63, 3.8) is 0 Å². The van der Waals surface area contributed by atoms with Gasteiger partial charge in [-0.25, -0.2) is 0 Å². The number of carbonyl (C=O) groups is 1. The number of hydrogen-bond donors (Lipinski definition) is 9. The lowest BCUT2D eigenvalue weighted by atomic mass is 9.95. The molecule has 0 saturated carbocycles. The summed E-state index contributed by atoms with van der Waals surface area (Å²) in [6.07, 6.45) is -12.2. The Morgan fingerprint density at radius 1 is 0.927 bits per heavy atom. The molecule has 9 N–H and O–H groups in total. The van der Waals surface area contributed by atoms with E-state index in [2.05, 4.69) is 0 Å². The highest BCUT2D eigenvalue weighted by Crippen LogP contribution is 2.43. The van der Waals surface area contributed by atoms with Gasteiger partial charge in [0.05, 0.1) is 26.2 Å². The lowest BCUT2D eigenvalue weighted by Gasteiger charge is -2.40. The summed E-state index contributed by atoms with van der Waals surface area (Å²) < 4.78 is 27.6. The fraction of sp³-hybridized carbons (Fsp3) is 0.500. The molecule has 2 aromatic rings. The highest BCUT2D eigenvalue weighted by molar-refractivity contribution is 6.02. The predicted molar refractivity (Wildman–Crippen MR) is 131 cm³/mol. The highest BCUT2D eigenvalue weighted by atomic mass is 16.7. The topological polar surface area (TPSA) is 245 Å². The van der Waals surface area contributed by atoms with Crippen LogP contribution >= 0.6 is 0 Å². The maximum atomic E-state index is 12.8. The van der Waals surface area contributed by atoms with E-state index in [0.717, 1.165) is 6.07 Å². The second-order valence-electron chi connectivity index (χ2n) is 10.1. The molecule has 0 amide bonds. The minimum absolute atomic E-state index is 0.0803. The predicted octanol–water partition coefficient (Wildman–Crippen LogP) is -1.85. The maximum absolute atomic E-state index is 12.8. The summed E-state index contributed by atoms with van der Waals surface area (Å²) in [4.78, 5) is 12.8. The number of benzene rings is 2. The zero-order chi connectivity index (χ0) is 29.6. The largest absolute Gasteiger partial charge is 0.507 e. The van der Waals surface area contributed by atoms with Gasteiger partial charge in [-0.2, -0.15) is 0 Å². The molecule has 1 unspecified atom stereocenters. The first-order valence-electron chi connectivity index (χ1n) is 12.6. The van der Waals surface area contributed by atoms with Crippen molar-refractivity contribution in [2.24, 2.45) is 0 Å². The summed E-state index contributed by atoms with van der Waals surface area (Å²) in [6.45, 7) is -1.71. The molecule has 3 heterocycles. The number of aromatic hydroxyl groups is 3. The SMILES string of the molecule is O=C1CC(c2ccc(O)c(O)c2)Oc2cc(O[C@@H]3O[C@H](CO[C@@H]4OC[C@](O)(CO)[C@H]4O)[C@@H](O)[C@H](O)[C@H]3O)cc(O)c21. The van der Waals surface area contributed by atoms with Gasteiger partial charge in [-0.05, 0) is 17.7 Å². The molecule has 2 saturated heterocycles. The molecule has 2 aromatic carbocycles. The smallest absolute Gasteiger partial charge is 0.229 e. The van der Waals surface area contributed by atoms with Gasteiger partial charge in [-0.15, -0.1) is 0 Å². The van der Waals surface area contributed by atoms with E-state index in [-0.39, 0.29) is 29.2 Å². The number of ether oxygens (including phenoxy) is 5. The Morgan fingerprint density at radius 3 is 2.37 bits per heavy atom. The molecule has 9 atom stereocenters. The molecule has 0 radical (unpaired) electrons. The minimum atomic E-state index is -1.95. The van der Waals surface area contributed by atoms with E-state index in [1.54, 1.807) is 0 Å². The highest BCUT2D eigenvalue weighted by Gasteiger charge is 2.50. The van der Waals surface area contributed by atoms with Crippen LogP contribution in [0.25, 0.3) is 0 Å². The Balaban J connectivity index is 1.30. The molecule has 224 valence electrons. The number of phenols is 3. The number of phenolic OH excluding ortho intramolecular Hbond substituents is 3. The van der Waals surface area contributed by atoms with E-state index in [1.807, 2.05) is 0 Å². The molecular formula is C26H30O15. The Labute approximate surface area is 231 Å². The van der Waals surface area contributed by atoms with Crippen LogP contribution in [0.3, 0.4) is 0 Å². The number of aliphatic hydroxyl groups is 6. The van der Waals surface area contributed by atoms with Crippen molar-refractivity contribution in [3.8, 4) is 28.7 Å². The van der Waals surface area contributed by atoms with Crippen molar-refractivity contribution in [2.75, 3.05) is 19.8 Å². The number of aliphatic hydroxyl groups excluding tert-OH is 5. The number of hydrogen-bond acceptors (Lipinski definition) is 15. The first kappa shape index (κ1) is 29.2. The number of fused-ring (bicyclic) bond motifs is 1. The van der Waals surface area contributed by atoms with Crippen molar-refractivity contribution in [2.45, 2.75) is 61.2 Å². The molecule has 15 nitrogen and oxygen atoms in total. The summed E-state index contributed by atoms with van der Waals surface area (Å²) in [5, 5.41) is 90.7. The third-order valence-corrected chi connectivity index (χ3v) is 7.27. The van der Waals surface area contributed by atoms with Crippen LogP contribution in [0, 0.1) is 0 Å². The fourth-order valence-corrected chi connectivity index (χ4v) is 4.82. The molecule has 0 spiro atoms. The number of Topliss-reactive ketones (excluding diaryl/α,β-unsaturated/α-hetero) is 1. The second kappa shape index (κ2) is 11.2. The third-order valence-electron chi connectivity index (χ3n) is 7.27. The Kier molecular flexibility index (Phi) is 7.99. The Bertz CT molecular complexity index is 1290. The molecule has 5 rings (SSSR count). The number of ketones is 1. The Morgan fingerprint density at radius 2 is 1.68 bits per heavy atom. The fourth-order valence-electron chi connectivity index (χ4n) is 4.82. The van der Waals surface area contributed by atoms with Gasteiger partial charge < -0.3 is 69.6 Å².